The largest absolute Gasteiger partial charge is 0.261 e. The summed E-state index contributed by atoms with van der Waals surface area (Å²) in [6.45, 7) is 0. The van der Waals surface area contributed by atoms with E-state index in [0.29, 0.717) is 0 Å². The Hall–Kier alpha value is -0.860. The molecule has 14 heavy (non-hydrogen) atoms. The minimum Gasteiger partial charge on any atom is -0.261 e. The van der Waals surface area contributed by atoms with Crippen molar-refractivity contribution in [3.8, 4) is 0 Å². The smallest absolute Gasteiger partial charge is 0.0648 e. The fourth-order valence-corrected chi connectivity index (χ4v) is 2.36. The highest BCUT2D eigenvalue weighted by Gasteiger charge is 2.09. The normalized spacial score (nSPS) is 12.6. The summed E-state index contributed by atoms with van der Waals surface area (Å²) in [5.74, 6) is 0. The SMILES string of the molecule is ClC(Cc1ccccn1)c1ccsc1. The minimum atomic E-state index is 0.0381. The van der Waals surface area contributed by atoms with Crippen LogP contribution in [0.1, 0.15) is 16.6 Å². The molecule has 0 aliphatic rings. The second-order valence-electron chi connectivity index (χ2n) is 3.05. The summed E-state index contributed by atoms with van der Waals surface area (Å²) in [6, 6.07) is 7.96. The summed E-state index contributed by atoms with van der Waals surface area (Å²) in [4.78, 5) is 4.25. The van der Waals surface area contributed by atoms with Crippen LogP contribution in [0.15, 0.2) is 41.2 Å². The van der Waals surface area contributed by atoms with Gasteiger partial charge in [0.2, 0.25) is 0 Å². The molecule has 0 bridgehead atoms. The van der Waals surface area contributed by atoms with Crippen LogP contribution in [0.5, 0.6) is 0 Å². The summed E-state index contributed by atoms with van der Waals surface area (Å²) in [6.07, 6.45) is 2.59. The maximum atomic E-state index is 6.25. The van der Waals surface area contributed by atoms with Crippen LogP contribution in [0, 0.1) is 0 Å². The van der Waals surface area contributed by atoms with Gasteiger partial charge in [-0.15, -0.1) is 11.6 Å². The molecule has 3 heteroatoms. The maximum absolute atomic E-state index is 6.25. The van der Waals surface area contributed by atoms with Crippen LogP contribution in [0.4, 0.5) is 0 Å². The number of rotatable bonds is 3. The van der Waals surface area contributed by atoms with Crippen molar-refractivity contribution in [1.82, 2.24) is 4.98 Å². The lowest BCUT2D eigenvalue weighted by atomic mass is 10.1. The van der Waals surface area contributed by atoms with Gasteiger partial charge in [0.15, 0.2) is 0 Å². The molecule has 0 radical (unpaired) electrons. The van der Waals surface area contributed by atoms with Crippen LogP contribution in [-0.4, -0.2) is 4.98 Å². The molecule has 0 saturated carbocycles. The third-order valence-electron chi connectivity index (χ3n) is 2.02. The molecule has 0 aromatic carbocycles. The molecular weight excluding hydrogens is 214 g/mol. The lowest BCUT2D eigenvalue weighted by Gasteiger charge is -2.06. The molecule has 0 aliphatic carbocycles. The van der Waals surface area contributed by atoms with Crippen LogP contribution in [0.2, 0.25) is 0 Å². The molecule has 2 rings (SSSR count). The van der Waals surface area contributed by atoms with Crippen LogP contribution >= 0.6 is 22.9 Å². The predicted molar refractivity (Wildman–Crippen MR) is 60.9 cm³/mol. The quantitative estimate of drug-likeness (QED) is 0.724. The fraction of sp³-hybridized carbons (Fsp3) is 0.182. The van der Waals surface area contributed by atoms with Crippen LogP contribution in [0.25, 0.3) is 0 Å². The van der Waals surface area contributed by atoms with Crippen molar-refractivity contribution in [2.45, 2.75) is 11.8 Å². The van der Waals surface area contributed by atoms with E-state index in [1.807, 2.05) is 23.6 Å². The second kappa shape index (κ2) is 4.58. The molecule has 0 fully saturated rings. The number of hydrogen-bond acceptors (Lipinski definition) is 2. The Bertz CT molecular complexity index is 371. The summed E-state index contributed by atoms with van der Waals surface area (Å²) < 4.78 is 0. The lowest BCUT2D eigenvalue weighted by Crippen LogP contribution is -1.96. The average Bonchev–Trinajstić information content (AvgIpc) is 2.72. The molecule has 2 aromatic rings. The zero-order valence-corrected chi connectivity index (χ0v) is 9.13. The average molecular weight is 224 g/mol. The Morgan fingerprint density at radius 3 is 2.93 bits per heavy atom. The first-order chi connectivity index (χ1) is 6.86. The van der Waals surface area contributed by atoms with Crippen molar-refractivity contribution in [2.24, 2.45) is 0 Å². The number of thiophene rings is 1. The van der Waals surface area contributed by atoms with E-state index >= 15 is 0 Å². The van der Waals surface area contributed by atoms with Crippen LogP contribution < -0.4 is 0 Å². The molecule has 2 heterocycles. The van der Waals surface area contributed by atoms with Gasteiger partial charge >= 0.3 is 0 Å². The Kier molecular flexibility index (Phi) is 3.17. The summed E-state index contributed by atoms with van der Waals surface area (Å²) in [5.41, 5.74) is 2.22. The number of alkyl halides is 1. The van der Waals surface area contributed by atoms with E-state index < -0.39 is 0 Å². The Morgan fingerprint density at radius 1 is 1.36 bits per heavy atom. The van der Waals surface area contributed by atoms with E-state index in [2.05, 4.69) is 16.4 Å². The third-order valence-corrected chi connectivity index (χ3v) is 3.13. The van der Waals surface area contributed by atoms with Gasteiger partial charge in [-0.2, -0.15) is 11.3 Å². The first kappa shape index (κ1) is 9.69. The summed E-state index contributed by atoms with van der Waals surface area (Å²) in [5, 5.41) is 4.17. The van der Waals surface area contributed by atoms with Gasteiger partial charge in [-0.05, 0) is 34.5 Å². The van der Waals surface area contributed by atoms with Gasteiger partial charge in [-0.25, -0.2) is 0 Å². The van der Waals surface area contributed by atoms with E-state index in [-0.39, 0.29) is 5.38 Å². The molecule has 1 atom stereocenters. The molecule has 1 unspecified atom stereocenters. The van der Waals surface area contributed by atoms with Crippen LogP contribution in [0.3, 0.4) is 0 Å². The molecule has 0 aliphatic heterocycles. The Balaban J connectivity index is 2.06. The van der Waals surface area contributed by atoms with Crippen molar-refractivity contribution in [3.05, 3.63) is 52.5 Å². The minimum absolute atomic E-state index is 0.0381. The van der Waals surface area contributed by atoms with Gasteiger partial charge in [0, 0.05) is 18.3 Å². The molecule has 0 saturated heterocycles. The predicted octanol–water partition coefficient (Wildman–Crippen LogP) is 3.67. The van der Waals surface area contributed by atoms with Crippen molar-refractivity contribution < 1.29 is 0 Å². The van der Waals surface area contributed by atoms with Crippen molar-refractivity contribution in [1.29, 1.82) is 0 Å². The van der Waals surface area contributed by atoms with E-state index in [1.54, 1.807) is 17.5 Å². The first-order valence-electron chi connectivity index (χ1n) is 4.42. The topological polar surface area (TPSA) is 12.9 Å². The third kappa shape index (κ3) is 2.34. The standard InChI is InChI=1S/C11H10ClNS/c12-11(9-4-6-14-8-9)7-10-3-1-2-5-13-10/h1-6,8,11H,7H2. The summed E-state index contributed by atoms with van der Waals surface area (Å²) in [7, 11) is 0. The van der Waals surface area contributed by atoms with E-state index in [9.17, 15) is 0 Å². The van der Waals surface area contributed by atoms with E-state index in [0.717, 1.165) is 12.1 Å². The zero-order valence-electron chi connectivity index (χ0n) is 7.56. The number of pyridine rings is 1. The molecule has 2 aromatic heterocycles. The molecule has 1 nitrogen and oxygen atoms in total. The maximum Gasteiger partial charge on any atom is 0.0648 e. The lowest BCUT2D eigenvalue weighted by molar-refractivity contribution is 0.885. The van der Waals surface area contributed by atoms with Gasteiger partial charge in [-0.1, -0.05) is 6.07 Å². The second-order valence-corrected chi connectivity index (χ2v) is 4.36. The number of aromatic nitrogens is 1. The molecule has 0 amide bonds. The highest BCUT2D eigenvalue weighted by Crippen LogP contribution is 2.25. The first-order valence-corrected chi connectivity index (χ1v) is 5.80. The number of halogens is 1. The fourth-order valence-electron chi connectivity index (χ4n) is 1.27. The van der Waals surface area contributed by atoms with E-state index in [4.69, 9.17) is 11.6 Å². The highest BCUT2D eigenvalue weighted by atomic mass is 35.5. The highest BCUT2D eigenvalue weighted by molar-refractivity contribution is 7.08. The van der Waals surface area contributed by atoms with Crippen molar-refractivity contribution in [2.75, 3.05) is 0 Å². The molecule has 0 spiro atoms. The number of hydrogen-bond donors (Lipinski definition) is 0. The number of nitrogens with zero attached hydrogens (tertiary/aromatic N) is 1. The van der Waals surface area contributed by atoms with Crippen molar-refractivity contribution in [3.63, 3.8) is 0 Å². The van der Waals surface area contributed by atoms with Gasteiger partial charge in [0.25, 0.3) is 0 Å². The molecular formula is C11H10ClNS. The Labute approximate surface area is 92.4 Å². The van der Waals surface area contributed by atoms with Gasteiger partial charge in [-0.3, -0.25) is 4.98 Å². The van der Waals surface area contributed by atoms with Gasteiger partial charge in [0.1, 0.15) is 0 Å². The van der Waals surface area contributed by atoms with Crippen molar-refractivity contribution >= 4 is 22.9 Å². The van der Waals surface area contributed by atoms with E-state index in [1.165, 1.54) is 5.56 Å². The molecule has 0 N–H and O–H groups in total. The summed E-state index contributed by atoms with van der Waals surface area (Å²) >= 11 is 7.92. The van der Waals surface area contributed by atoms with Gasteiger partial charge < -0.3 is 0 Å². The zero-order chi connectivity index (χ0) is 9.80. The monoisotopic (exact) mass is 223 g/mol. The Morgan fingerprint density at radius 2 is 2.29 bits per heavy atom. The van der Waals surface area contributed by atoms with Gasteiger partial charge in [0.05, 0.1) is 5.38 Å². The molecule has 72 valence electrons. The van der Waals surface area contributed by atoms with Crippen LogP contribution in [-0.2, 0) is 6.42 Å².